The number of carbonyl (C=O) groups excluding carboxylic acids is 1. The fourth-order valence-corrected chi connectivity index (χ4v) is 1.94. The SMILES string of the molecule is O=CN1CCC(Oc2ccc([N+](=O)[O-])cc2)CC1. The first-order chi connectivity index (χ1) is 8.69. The van der Waals surface area contributed by atoms with Gasteiger partial charge < -0.3 is 9.64 Å². The van der Waals surface area contributed by atoms with E-state index in [1.807, 2.05) is 0 Å². The van der Waals surface area contributed by atoms with Gasteiger partial charge in [-0.25, -0.2) is 0 Å². The predicted molar refractivity (Wildman–Crippen MR) is 64.4 cm³/mol. The lowest BCUT2D eigenvalue weighted by Crippen LogP contribution is -2.37. The van der Waals surface area contributed by atoms with E-state index in [-0.39, 0.29) is 11.8 Å². The van der Waals surface area contributed by atoms with Crippen molar-refractivity contribution in [2.75, 3.05) is 13.1 Å². The lowest BCUT2D eigenvalue weighted by atomic mass is 10.1. The minimum Gasteiger partial charge on any atom is -0.490 e. The highest BCUT2D eigenvalue weighted by molar-refractivity contribution is 5.47. The molecule has 18 heavy (non-hydrogen) atoms. The number of hydrogen-bond acceptors (Lipinski definition) is 4. The van der Waals surface area contributed by atoms with Crippen molar-refractivity contribution in [2.45, 2.75) is 18.9 Å². The maximum atomic E-state index is 10.5. The Kier molecular flexibility index (Phi) is 3.76. The molecule has 1 aromatic carbocycles. The summed E-state index contributed by atoms with van der Waals surface area (Å²) in [4.78, 5) is 22.3. The van der Waals surface area contributed by atoms with E-state index in [1.165, 1.54) is 12.1 Å². The second-order valence-corrected chi connectivity index (χ2v) is 4.21. The maximum absolute atomic E-state index is 10.5. The summed E-state index contributed by atoms with van der Waals surface area (Å²) >= 11 is 0. The molecule has 2 rings (SSSR count). The molecule has 6 heteroatoms. The highest BCUT2D eigenvalue weighted by atomic mass is 16.6. The molecule has 0 spiro atoms. The number of rotatable bonds is 4. The van der Waals surface area contributed by atoms with Gasteiger partial charge in [0.15, 0.2) is 0 Å². The van der Waals surface area contributed by atoms with Crippen molar-refractivity contribution in [3.05, 3.63) is 34.4 Å². The zero-order chi connectivity index (χ0) is 13.0. The quantitative estimate of drug-likeness (QED) is 0.462. The van der Waals surface area contributed by atoms with Crippen LogP contribution < -0.4 is 4.74 Å². The number of likely N-dealkylation sites (tertiary alicyclic amines) is 1. The second-order valence-electron chi connectivity index (χ2n) is 4.21. The normalized spacial score (nSPS) is 16.3. The van der Waals surface area contributed by atoms with Crippen LogP contribution in [-0.4, -0.2) is 35.4 Å². The molecule has 1 heterocycles. The van der Waals surface area contributed by atoms with Crippen molar-refractivity contribution < 1.29 is 14.5 Å². The minimum absolute atomic E-state index is 0.0538. The van der Waals surface area contributed by atoms with Gasteiger partial charge in [-0.3, -0.25) is 14.9 Å². The topological polar surface area (TPSA) is 72.7 Å². The number of nitrogens with zero attached hydrogens (tertiary/aromatic N) is 2. The molecule has 0 atom stereocenters. The highest BCUT2D eigenvalue weighted by Crippen LogP contribution is 2.21. The number of carbonyl (C=O) groups is 1. The van der Waals surface area contributed by atoms with Gasteiger partial charge >= 0.3 is 0 Å². The Bertz CT molecular complexity index is 424. The van der Waals surface area contributed by atoms with Gasteiger partial charge in [-0.15, -0.1) is 0 Å². The molecule has 1 aromatic rings. The third-order valence-electron chi connectivity index (χ3n) is 2.98. The Morgan fingerprint density at radius 2 is 1.89 bits per heavy atom. The molecule has 96 valence electrons. The standard InChI is InChI=1S/C12H14N2O4/c15-9-13-7-5-12(6-8-13)18-11-3-1-10(2-4-11)14(16)17/h1-4,9,12H,5-8H2. The molecule has 0 N–H and O–H groups in total. The third kappa shape index (κ3) is 2.97. The van der Waals surface area contributed by atoms with Gasteiger partial charge in [0.25, 0.3) is 5.69 Å². The zero-order valence-electron chi connectivity index (χ0n) is 9.82. The highest BCUT2D eigenvalue weighted by Gasteiger charge is 2.19. The Balaban J connectivity index is 1.90. The molecule has 0 bridgehead atoms. The maximum Gasteiger partial charge on any atom is 0.269 e. The van der Waals surface area contributed by atoms with Gasteiger partial charge in [0.2, 0.25) is 6.41 Å². The summed E-state index contributed by atoms with van der Waals surface area (Å²) < 4.78 is 5.72. The first kappa shape index (κ1) is 12.3. The van der Waals surface area contributed by atoms with Gasteiger partial charge in [0.05, 0.1) is 4.92 Å². The Morgan fingerprint density at radius 1 is 1.28 bits per heavy atom. The lowest BCUT2D eigenvalue weighted by molar-refractivity contribution is -0.384. The molecule has 0 unspecified atom stereocenters. The number of benzene rings is 1. The van der Waals surface area contributed by atoms with Gasteiger partial charge in [0.1, 0.15) is 11.9 Å². The van der Waals surface area contributed by atoms with Gasteiger partial charge in [-0.2, -0.15) is 0 Å². The third-order valence-corrected chi connectivity index (χ3v) is 2.98. The number of amides is 1. The van der Waals surface area contributed by atoms with Crippen LogP contribution in [-0.2, 0) is 4.79 Å². The summed E-state index contributed by atoms with van der Waals surface area (Å²) in [6.45, 7) is 1.39. The van der Waals surface area contributed by atoms with Crippen LogP contribution in [0.1, 0.15) is 12.8 Å². The fraction of sp³-hybridized carbons (Fsp3) is 0.417. The molecule has 1 aliphatic heterocycles. The van der Waals surface area contributed by atoms with Crippen molar-refractivity contribution in [3.63, 3.8) is 0 Å². The molecular formula is C12H14N2O4. The van der Waals surface area contributed by atoms with Crippen LogP contribution in [0.15, 0.2) is 24.3 Å². The molecule has 6 nitrogen and oxygen atoms in total. The zero-order valence-corrected chi connectivity index (χ0v) is 9.82. The van der Waals surface area contributed by atoms with Crippen LogP contribution in [0.3, 0.4) is 0 Å². The van der Waals surface area contributed by atoms with E-state index < -0.39 is 4.92 Å². The van der Waals surface area contributed by atoms with E-state index >= 15 is 0 Å². The Labute approximate surface area is 104 Å². The molecule has 0 saturated carbocycles. The molecule has 0 aromatic heterocycles. The van der Waals surface area contributed by atoms with Crippen molar-refractivity contribution in [2.24, 2.45) is 0 Å². The molecule has 1 amide bonds. The van der Waals surface area contributed by atoms with Crippen LogP contribution in [0.5, 0.6) is 5.75 Å². The number of ether oxygens (including phenoxy) is 1. The lowest BCUT2D eigenvalue weighted by Gasteiger charge is -2.29. The van der Waals surface area contributed by atoms with E-state index in [0.29, 0.717) is 18.8 Å². The Hall–Kier alpha value is -2.11. The number of nitro benzene ring substituents is 1. The van der Waals surface area contributed by atoms with Crippen LogP contribution in [0.25, 0.3) is 0 Å². The largest absolute Gasteiger partial charge is 0.490 e. The van der Waals surface area contributed by atoms with Crippen molar-refractivity contribution in [1.82, 2.24) is 4.90 Å². The molecule has 0 aliphatic carbocycles. The molecular weight excluding hydrogens is 236 g/mol. The minimum atomic E-state index is -0.438. The Morgan fingerprint density at radius 3 is 2.39 bits per heavy atom. The van der Waals surface area contributed by atoms with Gasteiger partial charge in [-0.1, -0.05) is 0 Å². The van der Waals surface area contributed by atoms with E-state index in [0.717, 1.165) is 19.3 Å². The number of nitro groups is 1. The van der Waals surface area contributed by atoms with Gasteiger partial charge in [0, 0.05) is 38.1 Å². The second kappa shape index (κ2) is 5.48. The smallest absolute Gasteiger partial charge is 0.269 e. The number of non-ortho nitro benzene ring substituents is 1. The number of piperidine rings is 1. The molecule has 0 radical (unpaired) electrons. The van der Waals surface area contributed by atoms with Crippen molar-refractivity contribution in [3.8, 4) is 5.75 Å². The fourth-order valence-electron chi connectivity index (χ4n) is 1.94. The average molecular weight is 250 g/mol. The van der Waals surface area contributed by atoms with E-state index in [9.17, 15) is 14.9 Å². The molecule has 1 aliphatic rings. The monoisotopic (exact) mass is 250 g/mol. The summed E-state index contributed by atoms with van der Waals surface area (Å²) in [7, 11) is 0. The number of hydrogen-bond donors (Lipinski definition) is 0. The summed E-state index contributed by atoms with van der Waals surface area (Å²) in [6, 6.07) is 6.06. The predicted octanol–water partition coefficient (Wildman–Crippen LogP) is 1.59. The van der Waals surface area contributed by atoms with E-state index in [2.05, 4.69) is 0 Å². The van der Waals surface area contributed by atoms with E-state index in [1.54, 1.807) is 17.0 Å². The van der Waals surface area contributed by atoms with E-state index in [4.69, 9.17) is 4.74 Å². The molecule has 1 saturated heterocycles. The summed E-state index contributed by atoms with van der Waals surface area (Å²) in [5.74, 6) is 0.630. The van der Waals surface area contributed by atoms with Crippen molar-refractivity contribution >= 4 is 12.1 Å². The van der Waals surface area contributed by atoms with Crippen LogP contribution in [0, 0.1) is 10.1 Å². The first-order valence-corrected chi connectivity index (χ1v) is 5.79. The summed E-state index contributed by atoms with van der Waals surface area (Å²) in [5, 5.41) is 10.5. The van der Waals surface area contributed by atoms with Crippen LogP contribution in [0.2, 0.25) is 0 Å². The van der Waals surface area contributed by atoms with Crippen LogP contribution in [0.4, 0.5) is 5.69 Å². The van der Waals surface area contributed by atoms with Crippen molar-refractivity contribution in [1.29, 1.82) is 0 Å². The molecule has 1 fully saturated rings. The average Bonchev–Trinajstić information content (AvgIpc) is 2.40. The van der Waals surface area contributed by atoms with Crippen LogP contribution >= 0.6 is 0 Å². The first-order valence-electron chi connectivity index (χ1n) is 5.79. The van der Waals surface area contributed by atoms with Gasteiger partial charge in [-0.05, 0) is 12.1 Å². The summed E-state index contributed by atoms with van der Waals surface area (Å²) in [5.41, 5.74) is 0.0538. The summed E-state index contributed by atoms with van der Waals surface area (Å²) in [6.07, 6.45) is 2.50.